The van der Waals surface area contributed by atoms with Crippen LogP contribution in [0.5, 0.6) is 11.6 Å². The average molecular weight is 804 g/mol. The maximum absolute atomic E-state index is 14.7. The molecule has 2 atom stereocenters. The number of methoxy groups -OCH3 is 2. The summed E-state index contributed by atoms with van der Waals surface area (Å²) in [7, 11) is 3.03. The van der Waals surface area contributed by atoms with Crippen LogP contribution in [-0.2, 0) is 35.3 Å². The molecule has 8 rings (SSSR count). The summed E-state index contributed by atoms with van der Waals surface area (Å²) in [5.41, 5.74) is 5.19. The Bertz CT molecular complexity index is 2200. The highest BCUT2D eigenvalue weighted by atomic mass is 35.5. The zero-order chi connectivity index (χ0) is 39.9. The molecular formula is C42H45ClF3N7O4. The first-order valence-corrected chi connectivity index (χ1v) is 19.7. The molecule has 2 amide bonds. The zero-order valence-corrected chi connectivity index (χ0v) is 32.6. The van der Waals surface area contributed by atoms with Crippen LogP contribution in [0.3, 0.4) is 0 Å². The average Bonchev–Trinajstić information content (AvgIpc) is 3.79. The van der Waals surface area contributed by atoms with Gasteiger partial charge in [0.05, 0.1) is 36.5 Å². The molecule has 2 aromatic carbocycles. The van der Waals surface area contributed by atoms with Gasteiger partial charge in [0, 0.05) is 92.0 Å². The number of amides is 2. The van der Waals surface area contributed by atoms with E-state index in [0.29, 0.717) is 74.0 Å². The van der Waals surface area contributed by atoms with Crippen molar-refractivity contribution in [2.45, 2.75) is 69.9 Å². The number of aromatic nitrogens is 2. The van der Waals surface area contributed by atoms with Crippen molar-refractivity contribution in [3.05, 3.63) is 87.6 Å². The summed E-state index contributed by atoms with van der Waals surface area (Å²) in [5, 5.41) is 12.9. The summed E-state index contributed by atoms with van der Waals surface area (Å²) in [6, 6.07) is 14.4. The number of nitrogens with zero attached hydrogens (tertiary/aromatic N) is 3. The van der Waals surface area contributed by atoms with Gasteiger partial charge in [-0.2, -0.15) is 18.2 Å². The van der Waals surface area contributed by atoms with Gasteiger partial charge in [-0.25, -0.2) is 0 Å². The number of rotatable bonds is 12. The van der Waals surface area contributed by atoms with Crippen LogP contribution in [0, 0.1) is 5.41 Å². The van der Waals surface area contributed by atoms with Gasteiger partial charge in [-0.15, -0.1) is 0 Å². The number of fused-ring (bicyclic) bond motifs is 1. The van der Waals surface area contributed by atoms with Crippen molar-refractivity contribution < 1.29 is 32.2 Å². The minimum absolute atomic E-state index is 0.00896. The second kappa shape index (κ2) is 15.8. The number of benzene rings is 2. The number of halogens is 4. The minimum atomic E-state index is -4.67. The first-order valence-electron chi connectivity index (χ1n) is 19.3. The van der Waals surface area contributed by atoms with E-state index < -0.39 is 17.8 Å². The Labute approximate surface area is 334 Å². The third-order valence-electron chi connectivity index (χ3n) is 11.6. The number of carbonyl (C=O) groups excluding carboxylic acids is 2. The predicted molar refractivity (Wildman–Crippen MR) is 210 cm³/mol. The molecule has 5 heterocycles. The van der Waals surface area contributed by atoms with Crippen molar-refractivity contribution >= 4 is 29.2 Å². The predicted octanol–water partition coefficient (Wildman–Crippen LogP) is 6.68. The van der Waals surface area contributed by atoms with Crippen LogP contribution in [0.25, 0.3) is 22.4 Å². The lowest BCUT2D eigenvalue weighted by molar-refractivity contribution is -0.137. The molecule has 1 spiro atoms. The van der Waals surface area contributed by atoms with E-state index in [1.807, 2.05) is 47.4 Å². The summed E-state index contributed by atoms with van der Waals surface area (Å²) in [5.74, 6) is 0.619. The molecule has 0 saturated carbocycles. The van der Waals surface area contributed by atoms with Gasteiger partial charge >= 0.3 is 6.18 Å². The number of ether oxygens (including phenoxy) is 2. The van der Waals surface area contributed by atoms with Crippen LogP contribution >= 0.6 is 11.6 Å². The maximum atomic E-state index is 14.7. The Morgan fingerprint density at radius 1 is 1.00 bits per heavy atom. The van der Waals surface area contributed by atoms with E-state index in [-0.39, 0.29) is 41.5 Å². The van der Waals surface area contributed by atoms with Crippen molar-refractivity contribution in [1.29, 1.82) is 0 Å². The number of alkyl halides is 3. The van der Waals surface area contributed by atoms with Crippen molar-refractivity contribution in [3.8, 4) is 34.0 Å². The van der Waals surface area contributed by atoms with Crippen molar-refractivity contribution in [1.82, 2.24) is 30.8 Å². The molecule has 0 radical (unpaired) electrons. The molecule has 57 heavy (non-hydrogen) atoms. The molecule has 4 aromatic rings. The lowest BCUT2D eigenvalue weighted by Crippen LogP contribution is -2.56. The van der Waals surface area contributed by atoms with Gasteiger partial charge in [0.15, 0.2) is 0 Å². The molecule has 3 aliphatic heterocycles. The van der Waals surface area contributed by atoms with Crippen LogP contribution in [0.4, 0.5) is 19.0 Å². The number of nitrogens with one attached hydrogen (secondary N) is 4. The van der Waals surface area contributed by atoms with E-state index in [2.05, 4.69) is 31.2 Å². The highest BCUT2D eigenvalue weighted by molar-refractivity contribution is 6.35. The fraction of sp³-hybridized carbons (Fsp3) is 0.429. The third-order valence-corrected chi connectivity index (χ3v) is 12.0. The minimum Gasteiger partial charge on any atom is -0.496 e. The molecule has 1 aliphatic carbocycles. The van der Waals surface area contributed by atoms with E-state index >= 15 is 0 Å². The number of hydrogen-bond acceptors (Lipinski definition) is 9. The Balaban J connectivity index is 1.03. The Morgan fingerprint density at radius 3 is 2.56 bits per heavy atom. The molecule has 15 heteroatoms. The SMILES string of the molecule is COc1cc(-c2nccc(-c3cccc4c3CCC[C@@H]4Nc3nc(OC)c(CN4CC5(CNC(=O)C5)C4)cc3C(F)(F)F)c2Cl)ccc1CNC[C@@H]1CCC(=O)N1. The van der Waals surface area contributed by atoms with E-state index in [0.717, 1.165) is 58.7 Å². The van der Waals surface area contributed by atoms with E-state index in [4.69, 9.17) is 21.1 Å². The number of anilines is 1. The van der Waals surface area contributed by atoms with Crippen molar-refractivity contribution in [3.63, 3.8) is 0 Å². The normalized spacial score (nSPS) is 20.2. The molecule has 3 saturated heterocycles. The van der Waals surface area contributed by atoms with Crippen LogP contribution in [0.15, 0.2) is 54.7 Å². The largest absolute Gasteiger partial charge is 0.496 e. The van der Waals surface area contributed by atoms with E-state index in [9.17, 15) is 22.8 Å². The molecule has 11 nitrogen and oxygen atoms in total. The third kappa shape index (κ3) is 7.99. The highest BCUT2D eigenvalue weighted by Gasteiger charge is 2.48. The van der Waals surface area contributed by atoms with Crippen LogP contribution in [0.1, 0.15) is 66.0 Å². The van der Waals surface area contributed by atoms with Gasteiger partial charge in [-0.1, -0.05) is 41.9 Å². The summed E-state index contributed by atoms with van der Waals surface area (Å²) in [6.45, 7) is 3.26. The summed E-state index contributed by atoms with van der Waals surface area (Å²) in [4.78, 5) is 34.5. The summed E-state index contributed by atoms with van der Waals surface area (Å²) >= 11 is 7.17. The molecule has 0 bridgehead atoms. The molecule has 2 aromatic heterocycles. The summed E-state index contributed by atoms with van der Waals surface area (Å²) in [6.07, 6.45) is 0.906. The standard InChI is InChI=1S/C42H45ClF3N7O4/c1-56-34-16-24(9-10-25(34)18-47-19-27-11-12-35(54)50-27)38-37(43)31(13-14-48-38)29-5-3-7-30-28(29)6-4-8-33(30)51-39-32(42(44,45)46)15-26(40(52-39)57-2)20-53-22-41(23-53)17-36(55)49-21-41/h3,5,7,9-10,13-16,27,33,47H,4,6,8,11-12,17-23H2,1-2H3,(H,49,55)(H,50,54)(H,51,52)/t27-,33-/m0/s1. The smallest absolute Gasteiger partial charge is 0.419 e. The number of likely N-dealkylation sites (tertiary alicyclic amines) is 1. The quantitative estimate of drug-likeness (QED) is 0.124. The molecule has 3 fully saturated rings. The molecular weight excluding hydrogens is 759 g/mol. The second-order valence-electron chi connectivity index (χ2n) is 15.6. The van der Waals surface area contributed by atoms with Crippen LogP contribution < -0.4 is 30.7 Å². The molecule has 4 N–H and O–H groups in total. The van der Waals surface area contributed by atoms with Crippen LogP contribution in [0.2, 0.25) is 5.02 Å². The van der Waals surface area contributed by atoms with E-state index in [1.54, 1.807) is 13.3 Å². The topological polar surface area (TPSA) is 130 Å². The first-order chi connectivity index (χ1) is 27.4. The van der Waals surface area contributed by atoms with Gasteiger partial charge in [0.1, 0.15) is 11.6 Å². The molecule has 4 aliphatic rings. The lowest BCUT2D eigenvalue weighted by atomic mass is 9.79. The van der Waals surface area contributed by atoms with Crippen molar-refractivity contribution in [2.75, 3.05) is 45.7 Å². The summed E-state index contributed by atoms with van der Waals surface area (Å²) < 4.78 is 55.4. The van der Waals surface area contributed by atoms with Gasteiger partial charge < -0.3 is 30.7 Å². The maximum Gasteiger partial charge on any atom is 0.419 e. The van der Waals surface area contributed by atoms with Crippen molar-refractivity contribution in [2.24, 2.45) is 5.41 Å². The van der Waals surface area contributed by atoms with Crippen LogP contribution in [-0.4, -0.2) is 73.1 Å². The number of hydrogen-bond donors (Lipinski definition) is 4. The Hall–Kier alpha value is -4.92. The van der Waals surface area contributed by atoms with Gasteiger partial charge in [0.25, 0.3) is 0 Å². The first kappa shape index (κ1) is 38.9. The van der Waals surface area contributed by atoms with Gasteiger partial charge in [-0.05, 0) is 60.6 Å². The Kier molecular flexibility index (Phi) is 10.8. The fourth-order valence-corrected chi connectivity index (χ4v) is 9.23. The Morgan fingerprint density at radius 2 is 1.84 bits per heavy atom. The molecule has 0 unspecified atom stereocenters. The highest BCUT2D eigenvalue weighted by Crippen LogP contribution is 2.45. The second-order valence-corrected chi connectivity index (χ2v) is 16.0. The van der Waals surface area contributed by atoms with Gasteiger partial charge in [-0.3, -0.25) is 19.5 Å². The molecule has 300 valence electrons. The fourth-order valence-electron chi connectivity index (χ4n) is 8.90. The van der Waals surface area contributed by atoms with E-state index in [1.165, 1.54) is 7.11 Å². The lowest BCUT2D eigenvalue weighted by Gasteiger charge is -2.47. The van der Waals surface area contributed by atoms with Gasteiger partial charge in [0.2, 0.25) is 17.7 Å². The number of carbonyl (C=O) groups is 2. The monoisotopic (exact) mass is 803 g/mol. The number of pyridine rings is 2. The zero-order valence-electron chi connectivity index (χ0n) is 31.8.